The number of benzene rings is 3. The molecule has 3 aromatic carbocycles. The molecule has 0 atom stereocenters. The van der Waals surface area contributed by atoms with Gasteiger partial charge in [-0.1, -0.05) is 36.4 Å². The Kier molecular flexibility index (Phi) is 11.8. The lowest BCUT2D eigenvalue weighted by molar-refractivity contribution is 0.0952. The highest BCUT2D eigenvalue weighted by atomic mass is 35.5. The van der Waals surface area contributed by atoms with Crippen LogP contribution in [0.3, 0.4) is 0 Å². The second-order valence-corrected chi connectivity index (χ2v) is 11.2. The maximum Gasteiger partial charge on any atom is 0.251 e. The van der Waals surface area contributed by atoms with Crippen molar-refractivity contribution < 1.29 is 14.6 Å². The number of nitriles is 1. The molecule has 1 aliphatic heterocycles. The van der Waals surface area contributed by atoms with Gasteiger partial charge in [-0.05, 0) is 129 Å². The first kappa shape index (κ1) is 31.6. The number of likely N-dealkylation sites (tertiary alicyclic amines) is 1. The highest BCUT2D eigenvalue weighted by Crippen LogP contribution is 2.40. The topological polar surface area (TPSA) is 85.6 Å². The van der Waals surface area contributed by atoms with Crippen molar-refractivity contribution in [1.82, 2.24) is 10.2 Å². The van der Waals surface area contributed by atoms with Gasteiger partial charge in [-0.3, -0.25) is 4.79 Å². The maximum atomic E-state index is 12.6. The van der Waals surface area contributed by atoms with Crippen LogP contribution in [0.25, 0.3) is 11.1 Å². The number of aliphatic hydroxyl groups excluding tert-OH is 1. The SMILES string of the molecule is Cl.N#Cc1ccc(-c2ccc(C(=O)NCCCCN3CCC(c4ccc5c(c4OCCO)CCCC5)CC3)cc2)cc1. The molecule has 1 heterocycles. The van der Waals surface area contributed by atoms with Crippen molar-refractivity contribution in [3.63, 3.8) is 0 Å². The smallest absolute Gasteiger partial charge is 0.251 e. The monoisotopic (exact) mass is 587 g/mol. The van der Waals surface area contributed by atoms with E-state index in [1.165, 1.54) is 29.5 Å². The summed E-state index contributed by atoms with van der Waals surface area (Å²) < 4.78 is 6.13. The van der Waals surface area contributed by atoms with Crippen molar-refractivity contribution in [1.29, 1.82) is 5.26 Å². The molecule has 2 N–H and O–H groups in total. The van der Waals surface area contributed by atoms with E-state index in [0.29, 0.717) is 30.2 Å². The number of carbonyl (C=O) groups excluding carboxylic acids is 1. The quantitative estimate of drug-likeness (QED) is 0.258. The Bertz CT molecular complexity index is 1340. The number of unbranched alkanes of at least 4 members (excludes halogenated alkanes) is 1. The number of amides is 1. The molecule has 1 amide bonds. The van der Waals surface area contributed by atoms with E-state index < -0.39 is 0 Å². The number of aryl methyl sites for hydroxylation is 1. The average Bonchev–Trinajstić information content (AvgIpc) is 3.03. The predicted molar refractivity (Wildman–Crippen MR) is 169 cm³/mol. The van der Waals surface area contributed by atoms with Crippen LogP contribution in [0.15, 0.2) is 60.7 Å². The predicted octanol–water partition coefficient (Wildman–Crippen LogP) is 6.29. The van der Waals surface area contributed by atoms with Crippen molar-refractivity contribution in [2.45, 2.75) is 57.3 Å². The number of nitrogens with one attached hydrogen (secondary N) is 1. The zero-order valence-electron chi connectivity index (χ0n) is 24.3. The lowest BCUT2D eigenvalue weighted by Gasteiger charge is -2.34. The Hall–Kier alpha value is -3.37. The first-order valence-electron chi connectivity index (χ1n) is 15.2. The summed E-state index contributed by atoms with van der Waals surface area (Å²) in [6, 6.07) is 21.8. The molecule has 1 saturated heterocycles. The van der Waals surface area contributed by atoms with Gasteiger partial charge in [0.2, 0.25) is 0 Å². The fourth-order valence-electron chi connectivity index (χ4n) is 6.24. The first-order chi connectivity index (χ1) is 20.2. The second kappa shape index (κ2) is 15.7. The molecule has 0 radical (unpaired) electrons. The largest absolute Gasteiger partial charge is 0.491 e. The zero-order chi connectivity index (χ0) is 28.4. The molecule has 7 heteroatoms. The number of nitrogens with zero attached hydrogens (tertiary/aromatic N) is 2. The molecule has 2 aliphatic rings. The second-order valence-electron chi connectivity index (χ2n) is 11.2. The normalized spacial score (nSPS) is 15.2. The number of hydrogen-bond donors (Lipinski definition) is 2. The summed E-state index contributed by atoms with van der Waals surface area (Å²) in [6.45, 7) is 4.31. The third kappa shape index (κ3) is 7.92. The summed E-state index contributed by atoms with van der Waals surface area (Å²) in [6.07, 6.45) is 8.97. The van der Waals surface area contributed by atoms with Crippen molar-refractivity contribution in [3.8, 4) is 22.9 Å². The van der Waals surface area contributed by atoms with Crippen LogP contribution in [0.5, 0.6) is 5.75 Å². The van der Waals surface area contributed by atoms with E-state index in [9.17, 15) is 9.90 Å². The molecule has 0 spiro atoms. The van der Waals surface area contributed by atoms with E-state index >= 15 is 0 Å². The molecule has 0 unspecified atom stereocenters. The number of rotatable bonds is 11. The molecule has 1 aliphatic carbocycles. The van der Waals surface area contributed by atoms with Crippen LogP contribution in [0.4, 0.5) is 0 Å². The van der Waals surface area contributed by atoms with Gasteiger partial charge in [0, 0.05) is 12.1 Å². The Morgan fingerprint density at radius 1 is 0.952 bits per heavy atom. The van der Waals surface area contributed by atoms with E-state index in [1.807, 2.05) is 36.4 Å². The molecule has 6 nitrogen and oxygen atoms in total. The molecular formula is C35H42ClN3O3. The van der Waals surface area contributed by atoms with Crippen molar-refractivity contribution in [3.05, 3.63) is 88.5 Å². The van der Waals surface area contributed by atoms with Crippen LogP contribution in [0.1, 0.15) is 77.1 Å². The van der Waals surface area contributed by atoms with E-state index in [1.54, 1.807) is 12.1 Å². The van der Waals surface area contributed by atoms with Crippen LogP contribution in [0, 0.1) is 11.3 Å². The number of fused-ring (bicyclic) bond motifs is 1. The van der Waals surface area contributed by atoms with Gasteiger partial charge >= 0.3 is 0 Å². The minimum absolute atomic E-state index is 0. The van der Waals surface area contributed by atoms with Crippen LogP contribution in [0.2, 0.25) is 0 Å². The Morgan fingerprint density at radius 2 is 1.64 bits per heavy atom. The minimum Gasteiger partial charge on any atom is -0.491 e. The number of piperidine rings is 1. The van der Waals surface area contributed by atoms with Crippen molar-refractivity contribution in [2.24, 2.45) is 0 Å². The standard InChI is InChI=1S/C35H41N3O3.ClH/c36-25-26-7-9-27(10-8-26)28-11-13-31(14-12-28)35(40)37-19-3-4-20-38-21-17-30(18-22-38)33-16-15-29-5-1-2-6-32(29)34(33)41-24-23-39;/h7-16,30,39H,1-6,17-24H2,(H,37,40);1H. The fraction of sp³-hybridized carbons (Fsp3) is 0.429. The summed E-state index contributed by atoms with van der Waals surface area (Å²) in [5.41, 5.74) is 7.50. The van der Waals surface area contributed by atoms with Crippen LogP contribution >= 0.6 is 12.4 Å². The van der Waals surface area contributed by atoms with Gasteiger partial charge in [-0.25, -0.2) is 0 Å². The number of ether oxygens (including phenoxy) is 1. The third-order valence-electron chi connectivity index (χ3n) is 8.56. The molecule has 5 rings (SSSR count). The van der Waals surface area contributed by atoms with Crippen molar-refractivity contribution in [2.75, 3.05) is 39.4 Å². The lowest BCUT2D eigenvalue weighted by atomic mass is 9.83. The minimum atomic E-state index is -0.0403. The Labute approximate surface area is 256 Å². The summed E-state index contributed by atoms with van der Waals surface area (Å²) in [7, 11) is 0. The summed E-state index contributed by atoms with van der Waals surface area (Å²) in [5, 5.41) is 21.4. The van der Waals surface area contributed by atoms with Gasteiger partial charge in [0.25, 0.3) is 5.91 Å². The van der Waals surface area contributed by atoms with E-state index in [0.717, 1.165) is 75.0 Å². The molecular weight excluding hydrogens is 546 g/mol. The molecule has 222 valence electrons. The average molecular weight is 588 g/mol. The van der Waals surface area contributed by atoms with Crippen LogP contribution in [-0.2, 0) is 12.8 Å². The summed E-state index contributed by atoms with van der Waals surface area (Å²) >= 11 is 0. The maximum absolute atomic E-state index is 12.6. The van der Waals surface area contributed by atoms with Gasteiger partial charge in [-0.2, -0.15) is 5.26 Å². The molecule has 42 heavy (non-hydrogen) atoms. The van der Waals surface area contributed by atoms with Gasteiger partial charge in [-0.15, -0.1) is 12.4 Å². The molecule has 0 aromatic heterocycles. The highest BCUT2D eigenvalue weighted by Gasteiger charge is 2.26. The van der Waals surface area contributed by atoms with Gasteiger partial charge in [0.1, 0.15) is 12.4 Å². The van der Waals surface area contributed by atoms with E-state index in [-0.39, 0.29) is 24.9 Å². The molecule has 1 fully saturated rings. The number of halogens is 1. The van der Waals surface area contributed by atoms with Gasteiger partial charge in [0.15, 0.2) is 0 Å². The Morgan fingerprint density at radius 3 is 2.33 bits per heavy atom. The summed E-state index contributed by atoms with van der Waals surface area (Å²) in [4.78, 5) is 15.2. The van der Waals surface area contributed by atoms with Gasteiger partial charge in [0.05, 0.1) is 18.2 Å². The number of carbonyl (C=O) groups is 1. The van der Waals surface area contributed by atoms with E-state index in [4.69, 9.17) is 10.00 Å². The zero-order valence-corrected chi connectivity index (χ0v) is 25.1. The number of hydrogen-bond acceptors (Lipinski definition) is 5. The third-order valence-corrected chi connectivity index (χ3v) is 8.56. The van der Waals surface area contributed by atoms with Crippen molar-refractivity contribution >= 4 is 18.3 Å². The molecule has 0 saturated carbocycles. The van der Waals surface area contributed by atoms with Crippen LogP contribution < -0.4 is 10.1 Å². The van der Waals surface area contributed by atoms with Gasteiger partial charge < -0.3 is 20.1 Å². The fourth-order valence-corrected chi connectivity index (χ4v) is 6.24. The van der Waals surface area contributed by atoms with Crippen LogP contribution in [-0.4, -0.2) is 55.3 Å². The lowest BCUT2D eigenvalue weighted by Crippen LogP contribution is -2.34. The number of aliphatic hydroxyl groups is 1. The molecule has 0 bridgehead atoms. The summed E-state index contributed by atoms with van der Waals surface area (Å²) in [5.74, 6) is 1.53. The Balaban J connectivity index is 0.00000405. The van der Waals surface area contributed by atoms with E-state index in [2.05, 4.69) is 28.4 Å². The highest BCUT2D eigenvalue weighted by molar-refractivity contribution is 5.94. The molecule has 3 aromatic rings. The first-order valence-corrected chi connectivity index (χ1v) is 15.2.